The highest BCUT2D eigenvalue weighted by molar-refractivity contribution is 5.83. The van der Waals surface area contributed by atoms with Crippen LogP contribution in [0.15, 0.2) is 0 Å². The number of rotatable bonds is 6. The second kappa shape index (κ2) is 6.14. The van der Waals surface area contributed by atoms with Crippen molar-refractivity contribution in [3.63, 3.8) is 0 Å². The van der Waals surface area contributed by atoms with Crippen LogP contribution >= 0.6 is 0 Å². The van der Waals surface area contributed by atoms with Gasteiger partial charge in [-0.25, -0.2) is 0 Å². The van der Waals surface area contributed by atoms with E-state index in [1.807, 2.05) is 0 Å². The largest absolute Gasteiger partial charge is 0.356 e. The number of carbonyl (C=O) groups excluding carboxylic acids is 1. The second-order valence-electron chi connectivity index (χ2n) is 4.96. The van der Waals surface area contributed by atoms with Crippen LogP contribution in [0.3, 0.4) is 0 Å². The van der Waals surface area contributed by atoms with Crippen LogP contribution in [0.4, 0.5) is 0 Å². The van der Waals surface area contributed by atoms with Gasteiger partial charge in [0, 0.05) is 6.54 Å². The lowest BCUT2D eigenvalue weighted by Gasteiger charge is -2.39. The van der Waals surface area contributed by atoms with Crippen molar-refractivity contribution < 1.29 is 4.79 Å². The fourth-order valence-electron chi connectivity index (χ4n) is 2.57. The minimum Gasteiger partial charge on any atom is -0.356 e. The van der Waals surface area contributed by atoms with Crippen LogP contribution in [-0.4, -0.2) is 12.5 Å². The topological polar surface area (TPSA) is 29.1 Å². The first-order valence-electron chi connectivity index (χ1n) is 6.21. The molecule has 0 aromatic heterocycles. The Bertz CT molecular complexity index is 189. The molecule has 15 heavy (non-hydrogen) atoms. The average Bonchev–Trinajstić information content (AvgIpc) is 2.15. The summed E-state index contributed by atoms with van der Waals surface area (Å²) in [5.74, 6) is 1.01. The van der Waals surface area contributed by atoms with Gasteiger partial charge < -0.3 is 5.32 Å². The Kier molecular flexibility index (Phi) is 5.92. The lowest BCUT2D eigenvalue weighted by Crippen LogP contribution is -2.47. The van der Waals surface area contributed by atoms with Gasteiger partial charge in [0.1, 0.15) is 0 Å². The Morgan fingerprint density at radius 2 is 1.60 bits per heavy atom. The van der Waals surface area contributed by atoms with Crippen LogP contribution in [0.5, 0.6) is 0 Å². The molecule has 0 fully saturated rings. The van der Waals surface area contributed by atoms with Crippen molar-refractivity contribution >= 4 is 5.91 Å². The molecule has 0 saturated heterocycles. The summed E-state index contributed by atoms with van der Waals surface area (Å²) in [5.41, 5.74) is -0.199. The molecule has 0 aromatic rings. The van der Waals surface area contributed by atoms with E-state index in [4.69, 9.17) is 0 Å². The Hall–Kier alpha value is -0.530. The van der Waals surface area contributed by atoms with Gasteiger partial charge in [0.15, 0.2) is 0 Å². The highest BCUT2D eigenvalue weighted by Gasteiger charge is 2.42. The van der Waals surface area contributed by atoms with E-state index in [-0.39, 0.29) is 11.3 Å². The summed E-state index contributed by atoms with van der Waals surface area (Å²) in [4.78, 5) is 12.2. The molecular formula is C13H27NO. The first-order chi connectivity index (χ1) is 6.93. The molecule has 0 aliphatic carbocycles. The van der Waals surface area contributed by atoms with Crippen LogP contribution in [0, 0.1) is 17.3 Å². The van der Waals surface area contributed by atoms with E-state index in [0.29, 0.717) is 11.8 Å². The zero-order valence-electron chi connectivity index (χ0n) is 11.2. The summed E-state index contributed by atoms with van der Waals surface area (Å²) < 4.78 is 0. The third kappa shape index (κ3) is 2.96. The van der Waals surface area contributed by atoms with E-state index in [0.717, 1.165) is 19.4 Å². The molecule has 1 amide bonds. The Morgan fingerprint density at radius 3 is 1.87 bits per heavy atom. The first-order valence-corrected chi connectivity index (χ1v) is 6.21. The molecule has 1 N–H and O–H groups in total. The summed E-state index contributed by atoms with van der Waals surface area (Å²) in [6.45, 7) is 13.6. The minimum atomic E-state index is -0.199. The molecule has 0 bridgehead atoms. The lowest BCUT2D eigenvalue weighted by atomic mass is 9.66. The van der Waals surface area contributed by atoms with Crippen molar-refractivity contribution in [1.82, 2.24) is 5.32 Å². The highest BCUT2D eigenvalue weighted by atomic mass is 16.2. The molecule has 2 nitrogen and oxygen atoms in total. The number of carbonyl (C=O) groups is 1. The summed E-state index contributed by atoms with van der Waals surface area (Å²) >= 11 is 0. The van der Waals surface area contributed by atoms with Crippen LogP contribution < -0.4 is 5.32 Å². The van der Waals surface area contributed by atoms with Crippen molar-refractivity contribution in [2.45, 2.75) is 54.4 Å². The van der Waals surface area contributed by atoms with Gasteiger partial charge in [-0.1, -0.05) is 41.5 Å². The van der Waals surface area contributed by atoms with Crippen molar-refractivity contribution in [3.8, 4) is 0 Å². The lowest BCUT2D eigenvalue weighted by molar-refractivity contribution is -0.137. The van der Waals surface area contributed by atoms with Crippen molar-refractivity contribution in [3.05, 3.63) is 0 Å². The second-order valence-corrected chi connectivity index (χ2v) is 4.96. The van der Waals surface area contributed by atoms with Gasteiger partial charge in [-0.2, -0.15) is 0 Å². The van der Waals surface area contributed by atoms with E-state index in [1.165, 1.54) is 0 Å². The van der Waals surface area contributed by atoms with Gasteiger partial charge in [0.05, 0.1) is 5.41 Å². The van der Waals surface area contributed by atoms with Gasteiger partial charge in [0.2, 0.25) is 5.91 Å². The Labute approximate surface area is 94.8 Å². The molecule has 0 spiro atoms. The molecule has 0 rings (SSSR count). The molecule has 0 radical (unpaired) electrons. The maximum atomic E-state index is 12.2. The fourth-order valence-corrected chi connectivity index (χ4v) is 2.57. The fraction of sp³-hybridized carbons (Fsp3) is 0.923. The molecule has 90 valence electrons. The van der Waals surface area contributed by atoms with Crippen LogP contribution in [0.2, 0.25) is 0 Å². The summed E-state index contributed by atoms with van der Waals surface area (Å²) in [5, 5.41) is 3.05. The molecule has 0 saturated carbocycles. The first kappa shape index (κ1) is 14.5. The van der Waals surface area contributed by atoms with Gasteiger partial charge in [-0.05, 0) is 24.7 Å². The van der Waals surface area contributed by atoms with E-state index in [1.54, 1.807) is 0 Å². The predicted molar refractivity (Wildman–Crippen MR) is 65.7 cm³/mol. The van der Waals surface area contributed by atoms with Crippen LogP contribution in [0.25, 0.3) is 0 Å². The molecular weight excluding hydrogens is 186 g/mol. The predicted octanol–water partition coefficient (Wildman–Crippen LogP) is 3.22. The number of nitrogens with one attached hydrogen (secondary N) is 1. The van der Waals surface area contributed by atoms with E-state index in [9.17, 15) is 4.79 Å². The van der Waals surface area contributed by atoms with Crippen molar-refractivity contribution in [2.75, 3.05) is 6.54 Å². The maximum absolute atomic E-state index is 12.2. The zero-order chi connectivity index (χ0) is 12.1. The van der Waals surface area contributed by atoms with Gasteiger partial charge >= 0.3 is 0 Å². The van der Waals surface area contributed by atoms with Gasteiger partial charge in [0.25, 0.3) is 0 Å². The third-order valence-electron chi connectivity index (χ3n) is 3.60. The molecule has 0 heterocycles. The quantitative estimate of drug-likeness (QED) is 0.721. The monoisotopic (exact) mass is 213 g/mol. The SMILES string of the molecule is CCCNC(=O)C(CC)(C(C)C)C(C)C. The van der Waals surface area contributed by atoms with Crippen LogP contribution in [0.1, 0.15) is 54.4 Å². The normalized spacial score (nSPS) is 12.3. The number of hydrogen-bond acceptors (Lipinski definition) is 1. The average molecular weight is 213 g/mol. The van der Waals surface area contributed by atoms with E-state index in [2.05, 4.69) is 46.9 Å². The Morgan fingerprint density at radius 1 is 1.13 bits per heavy atom. The summed E-state index contributed by atoms with van der Waals surface area (Å²) in [6, 6.07) is 0. The molecule has 0 aliphatic heterocycles. The number of hydrogen-bond donors (Lipinski definition) is 1. The zero-order valence-corrected chi connectivity index (χ0v) is 11.2. The highest BCUT2D eigenvalue weighted by Crippen LogP contribution is 2.39. The number of amides is 1. The molecule has 0 aromatic carbocycles. The van der Waals surface area contributed by atoms with Crippen molar-refractivity contribution in [2.24, 2.45) is 17.3 Å². The molecule has 0 aliphatic rings. The maximum Gasteiger partial charge on any atom is 0.226 e. The van der Waals surface area contributed by atoms with Crippen LogP contribution in [-0.2, 0) is 4.79 Å². The van der Waals surface area contributed by atoms with Crippen molar-refractivity contribution in [1.29, 1.82) is 0 Å². The summed E-state index contributed by atoms with van der Waals surface area (Å²) in [6.07, 6.45) is 1.92. The van der Waals surface area contributed by atoms with E-state index >= 15 is 0 Å². The Balaban J connectivity index is 4.82. The van der Waals surface area contributed by atoms with Gasteiger partial charge in [-0.15, -0.1) is 0 Å². The molecule has 0 unspecified atom stereocenters. The smallest absolute Gasteiger partial charge is 0.226 e. The summed E-state index contributed by atoms with van der Waals surface area (Å²) in [7, 11) is 0. The molecule has 2 heteroatoms. The molecule has 0 atom stereocenters. The van der Waals surface area contributed by atoms with Gasteiger partial charge in [-0.3, -0.25) is 4.79 Å². The third-order valence-corrected chi connectivity index (χ3v) is 3.60. The van der Waals surface area contributed by atoms with E-state index < -0.39 is 0 Å². The standard InChI is InChI=1S/C13H27NO/c1-7-9-14-12(15)13(8-2,10(3)4)11(5)6/h10-11H,7-9H2,1-6H3,(H,14,15). The minimum absolute atomic E-state index is 0.199.